The molecule has 11 heavy (non-hydrogen) atoms. The van der Waals surface area contributed by atoms with Gasteiger partial charge in [0.25, 0.3) is 0 Å². The Kier molecular flexibility index (Phi) is 3.12. The summed E-state index contributed by atoms with van der Waals surface area (Å²) in [6.07, 6.45) is 0. The van der Waals surface area contributed by atoms with Crippen molar-refractivity contribution in [2.24, 2.45) is 5.41 Å². The number of allylic oxidation sites excluding steroid dienone is 1. The van der Waals surface area contributed by atoms with E-state index in [4.69, 9.17) is 16.7 Å². The second kappa shape index (κ2) is 3.26. The summed E-state index contributed by atoms with van der Waals surface area (Å²) < 4.78 is 0. The zero-order chi connectivity index (χ0) is 9.23. The van der Waals surface area contributed by atoms with Gasteiger partial charge in [-0.05, 0) is 12.3 Å². The molecule has 0 unspecified atom stereocenters. The van der Waals surface area contributed by atoms with Gasteiger partial charge in [-0.25, -0.2) is 4.79 Å². The molecule has 64 valence electrons. The molecule has 0 fully saturated rings. The van der Waals surface area contributed by atoms with Crippen LogP contribution in [0.2, 0.25) is 0 Å². The van der Waals surface area contributed by atoms with E-state index >= 15 is 0 Å². The fraction of sp³-hybridized carbons (Fsp3) is 0.625. The van der Waals surface area contributed by atoms with Gasteiger partial charge in [0.1, 0.15) is 0 Å². The first-order chi connectivity index (χ1) is 4.76. The number of carboxylic acid groups (broad SMARTS) is 1. The highest BCUT2D eigenvalue weighted by Gasteiger charge is 2.20. The first-order valence-electron chi connectivity index (χ1n) is 3.37. The van der Waals surface area contributed by atoms with E-state index < -0.39 is 5.97 Å². The topological polar surface area (TPSA) is 37.3 Å². The summed E-state index contributed by atoms with van der Waals surface area (Å²) in [5, 5.41) is 8.98. The number of carboxylic acids is 1. The Labute approximate surface area is 71.9 Å². The Morgan fingerprint density at radius 3 is 1.82 bits per heavy atom. The Balaban J connectivity index is 4.82. The number of hydrogen-bond acceptors (Lipinski definition) is 1. The van der Waals surface area contributed by atoms with Gasteiger partial charge in [-0.2, -0.15) is 0 Å². The molecule has 1 N–H and O–H groups in total. The van der Waals surface area contributed by atoms with Crippen LogP contribution in [0.4, 0.5) is 0 Å². The molecule has 0 saturated heterocycles. The number of carbonyl (C=O) groups is 1. The summed E-state index contributed by atoms with van der Waals surface area (Å²) in [6, 6.07) is 0. The minimum absolute atomic E-state index is 0.221. The summed E-state index contributed by atoms with van der Waals surface area (Å²) in [5.41, 5.74) is -0.0523. The highest BCUT2D eigenvalue weighted by molar-refractivity contribution is 6.32. The van der Waals surface area contributed by atoms with E-state index in [2.05, 4.69) is 0 Å². The second-order valence-electron chi connectivity index (χ2n) is 3.49. The van der Waals surface area contributed by atoms with Gasteiger partial charge in [0.05, 0.1) is 0 Å². The quantitative estimate of drug-likeness (QED) is 0.624. The monoisotopic (exact) mass is 176 g/mol. The molecule has 0 aliphatic rings. The number of hydrogen-bond donors (Lipinski definition) is 1. The van der Waals surface area contributed by atoms with E-state index in [0.29, 0.717) is 5.03 Å². The third kappa shape index (κ3) is 2.93. The first kappa shape index (κ1) is 10.5. The Bertz CT molecular complexity index is 199. The molecule has 0 aliphatic heterocycles. The van der Waals surface area contributed by atoms with Gasteiger partial charge < -0.3 is 5.11 Å². The second-order valence-corrected chi connectivity index (χ2v) is 3.87. The van der Waals surface area contributed by atoms with Crippen LogP contribution < -0.4 is 0 Å². The van der Waals surface area contributed by atoms with Crippen molar-refractivity contribution in [2.75, 3.05) is 0 Å². The molecule has 0 radical (unpaired) electrons. The third-order valence-corrected chi connectivity index (χ3v) is 2.16. The van der Waals surface area contributed by atoms with Crippen LogP contribution >= 0.6 is 11.6 Å². The summed E-state index contributed by atoms with van der Waals surface area (Å²) in [4.78, 5) is 10.4. The van der Waals surface area contributed by atoms with Gasteiger partial charge in [-0.1, -0.05) is 32.4 Å². The van der Waals surface area contributed by atoms with Crippen LogP contribution in [0, 0.1) is 5.41 Å². The highest BCUT2D eigenvalue weighted by atomic mass is 35.5. The highest BCUT2D eigenvalue weighted by Crippen LogP contribution is 2.31. The van der Waals surface area contributed by atoms with Gasteiger partial charge in [-0.3, -0.25) is 0 Å². The van der Waals surface area contributed by atoms with Crippen LogP contribution in [-0.2, 0) is 4.79 Å². The molecule has 0 atom stereocenters. The Morgan fingerprint density at radius 1 is 1.36 bits per heavy atom. The molecule has 0 aromatic heterocycles. The fourth-order valence-corrected chi connectivity index (χ4v) is 0.737. The molecule has 0 aromatic carbocycles. The van der Waals surface area contributed by atoms with Gasteiger partial charge in [0.15, 0.2) is 0 Å². The van der Waals surface area contributed by atoms with Crippen LogP contribution in [0.25, 0.3) is 0 Å². The van der Waals surface area contributed by atoms with E-state index in [0.717, 1.165) is 0 Å². The van der Waals surface area contributed by atoms with Crippen LogP contribution in [0.3, 0.4) is 0 Å². The van der Waals surface area contributed by atoms with Crippen molar-refractivity contribution in [3.63, 3.8) is 0 Å². The van der Waals surface area contributed by atoms with Crippen molar-refractivity contribution >= 4 is 17.6 Å². The molecule has 0 amide bonds. The van der Waals surface area contributed by atoms with E-state index in [1.165, 1.54) is 6.92 Å². The van der Waals surface area contributed by atoms with Gasteiger partial charge in [-0.15, -0.1) is 0 Å². The largest absolute Gasteiger partial charge is 0.478 e. The van der Waals surface area contributed by atoms with Crippen molar-refractivity contribution in [2.45, 2.75) is 27.7 Å². The molecule has 0 saturated carbocycles. The lowest BCUT2D eigenvalue weighted by atomic mass is 9.93. The van der Waals surface area contributed by atoms with Crippen molar-refractivity contribution in [1.29, 1.82) is 0 Å². The fourth-order valence-electron chi connectivity index (χ4n) is 0.656. The van der Waals surface area contributed by atoms with Crippen LogP contribution in [0.1, 0.15) is 27.7 Å². The van der Waals surface area contributed by atoms with Crippen molar-refractivity contribution < 1.29 is 9.90 Å². The summed E-state index contributed by atoms with van der Waals surface area (Å²) in [7, 11) is 0. The first-order valence-corrected chi connectivity index (χ1v) is 3.74. The number of rotatable bonds is 1. The van der Waals surface area contributed by atoms with Crippen LogP contribution in [0.5, 0.6) is 0 Å². The van der Waals surface area contributed by atoms with Crippen molar-refractivity contribution in [1.82, 2.24) is 0 Å². The van der Waals surface area contributed by atoms with Crippen LogP contribution in [0.15, 0.2) is 10.6 Å². The smallest absolute Gasteiger partial charge is 0.332 e. The predicted octanol–water partition coefficient (Wildman–Crippen LogP) is 2.63. The number of halogens is 1. The molecule has 0 rings (SSSR count). The summed E-state index contributed by atoms with van der Waals surface area (Å²) in [5.74, 6) is -0.954. The van der Waals surface area contributed by atoms with Gasteiger partial charge >= 0.3 is 5.97 Å². The molecule has 0 heterocycles. The minimum Gasteiger partial charge on any atom is -0.478 e. The minimum atomic E-state index is -0.954. The average molecular weight is 177 g/mol. The molecule has 0 spiro atoms. The summed E-state index contributed by atoms with van der Waals surface area (Å²) >= 11 is 5.80. The van der Waals surface area contributed by atoms with Gasteiger partial charge in [0, 0.05) is 10.6 Å². The van der Waals surface area contributed by atoms with E-state index in [1.807, 2.05) is 20.8 Å². The Hall–Kier alpha value is -0.500. The maximum Gasteiger partial charge on any atom is 0.332 e. The molecule has 0 bridgehead atoms. The van der Waals surface area contributed by atoms with Gasteiger partial charge in [0.2, 0.25) is 0 Å². The SMILES string of the molecule is C/C(C(=O)O)=C(/Cl)C(C)(C)C. The zero-order valence-electron chi connectivity index (χ0n) is 7.23. The predicted molar refractivity (Wildman–Crippen MR) is 45.6 cm³/mol. The number of aliphatic carboxylic acids is 1. The normalized spacial score (nSPS) is 14.3. The Morgan fingerprint density at radius 2 is 1.73 bits per heavy atom. The molecular formula is C8H13ClO2. The van der Waals surface area contributed by atoms with Crippen LogP contribution in [-0.4, -0.2) is 11.1 Å². The molecule has 2 nitrogen and oxygen atoms in total. The zero-order valence-corrected chi connectivity index (χ0v) is 7.99. The molecule has 0 aliphatic carbocycles. The average Bonchev–Trinajstić information content (AvgIpc) is 1.82. The lowest BCUT2D eigenvalue weighted by Gasteiger charge is -2.18. The maximum absolute atomic E-state index is 10.4. The standard InChI is InChI=1S/C8H13ClO2/c1-5(7(10)11)6(9)8(2,3)4/h1-4H3,(H,10,11)/b6-5-. The van der Waals surface area contributed by atoms with Crippen molar-refractivity contribution in [3.8, 4) is 0 Å². The van der Waals surface area contributed by atoms with E-state index in [1.54, 1.807) is 0 Å². The maximum atomic E-state index is 10.4. The lowest BCUT2D eigenvalue weighted by Crippen LogP contribution is -2.10. The van der Waals surface area contributed by atoms with E-state index in [-0.39, 0.29) is 11.0 Å². The third-order valence-electron chi connectivity index (χ3n) is 1.31. The van der Waals surface area contributed by atoms with Crippen molar-refractivity contribution in [3.05, 3.63) is 10.6 Å². The van der Waals surface area contributed by atoms with E-state index in [9.17, 15) is 4.79 Å². The summed E-state index contributed by atoms with van der Waals surface area (Å²) in [6.45, 7) is 7.14. The lowest BCUT2D eigenvalue weighted by molar-refractivity contribution is -0.132. The molecular weight excluding hydrogens is 164 g/mol. The molecule has 3 heteroatoms. The molecule has 0 aromatic rings.